The molecule has 12 heavy (non-hydrogen) atoms. The first kappa shape index (κ1) is 6.84. The van der Waals surface area contributed by atoms with Gasteiger partial charge in [-0.15, -0.1) is 0 Å². The van der Waals surface area contributed by atoms with Crippen molar-refractivity contribution in [2.24, 2.45) is 0 Å². The maximum atomic E-state index is 5.56. The van der Waals surface area contributed by atoms with Crippen LogP contribution in [0.1, 0.15) is 0 Å². The Balaban J connectivity index is 2.48. The lowest BCUT2D eigenvalue weighted by Crippen LogP contribution is -1.86. The topological polar surface area (TPSA) is 64.9 Å². The van der Waals surface area contributed by atoms with Crippen LogP contribution in [-0.4, -0.2) is 10.1 Å². The van der Waals surface area contributed by atoms with Gasteiger partial charge in [0.2, 0.25) is 0 Å². The van der Waals surface area contributed by atoms with Gasteiger partial charge in [-0.25, -0.2) is 0 Å². The van der Waals surface area contributed by atoms with E-state index in [1.807, 2.05) is 0 Å². The Labute approximate surface area is 69.0 Å². The highest BCUT2D eigenvalue weighted by Gasteiger charge is 2.01. The van der Waals surface area contributed by atoms with E-state index in [1.54, 1.807) is 30.6 Å². The fraction of sp³-hybridized carbons (Fsp3) is 0. The Morgan fingerprint density at radius 2 is 2.17 bits per heavy atom. The van der Waals surface area contributed by atoms with Gasteiger partial charge in [-0.1, -0.05) is 5.16 Å². The summed E-state index contributed by atoms with van der Waals surface area (Å²) >= 11 is 0. The molecule has 2 aromatic heterocycles. The molecule has 0 bridgehead atoms. The highest BCUT2D eigenvalue weighted by atomic mass is 16.5. The lowest BCUT2D eigenvalue weighted by molar-refractivity contribution is 0.431. The molecule has 0 radical (unpaired) electrons. The van der Waals surface area contributed by atoms with Crippen molar-refractivity contribution in [3.8, 4) is 11.5 Å². The first-order valence-corrected chi connectivity index (χ1v) is 3.49. The Bertz CT molecular complexity index is 370. The van der Waals surface area contributed by atoms with E-state index >= 15 is 0 Å². The maximum Gasteiger partial charge on any atom is 0.185 e. The Morgan fingerprint density at radius 1 is 1.25 bits per heavy atom. The molecule has 0 fully saturated rings. The minimum Gasteiger partial charge on any atom is -0.399 e. The van der Waals surface area contributed by atoms with Crippen LogP contribution in [0, 0.1) is 0 Å². The monoisotopic (exact) mass is 161 g/mol. The van der Waals surface area contributed by atoms with Crippen molar-refractivity contribution in [3.05, 3.63) is 30.6 Å². The van der Waals surface area contributed by atoms with E-state index in [0.717, 1.165) is 0 Å². The van der Waals surface area contributed by atoms with Crippen molar-refractivity contribution >= 4 is 5.69 Å². The molecule has 4 nitrogen and oxygen atoms in total. The normalized spacial score (nSPS) is 10.0. The summed E-state index contributed by atoms with van der Waals surface area (Å²) in [5.74, 6) is 0.627. The molecule has 4 heteroatoms. The number of anilines is 1. The van der Waals surface area contributed by atoms with Crippen LogP contribution in [0.4, 0.5) is 5.69 Å². The lowest BCUT2D eigenvalue weighted by Gasteiger charge is -1.94. The number of hydrogen-bond acceptors (Lipinski definition) is 4. The summed E-state index contributed by atoms with van der Waals surface area (Å²) in [5, 5.41) is 3.57. The quantitative estimate of drug-likeness (QED) is 0.685. The summed E-state index contributed by atoms with van der Waals surface area (Å²) < 4.78 is 4.91. The molecule has 0 unspecified atom stereocenters. The number of hydrogen-bond donors (Lipinski definition) is 1. The van der Waals surface area contributed by atoms with E-state index in [2.05, 4.69) is 10.1 Å². The average Bonchev–Trinajstić information content (AvgIpc) is 2.56. The van der Waals surface area contributed by atoms with Crippen molar-refractivity contribution in [2.45, 2.75) is 0 Å². The van der Waals surface area contributed by atoms with Crippen LogP contribution < -0.4 is 5.73 Å². The molecule has 2 rings (SSSR count). The zero-order valence-corrected chi connectivity index (χ0v) is 6.27. The largest absolute Gasteiger partial charge is 0.399 e. The van der Waals surface area contributed by atoms with Gasteiger partial charge in [0.25, 0.3) is 0 Å². The molecule has 0 spiro atoms. The molecule has 0 aromatic carbocycles. The van der Waals surface area contributed by atoms with E-state index in [0.29, 0.717) is 17.1 Å². The fourth-order valence-corrected chi connectivity index (χ4v) is 0.930. The predicted molar refractivity (Wildman–Crippen MR) is 44.1 cm³/mol. The molecule has 0 aliphatic carbocycles. The Hall–Kier alpha value is -1.84. The highest BCUT2D eigenvalue weighted by Crippen LogP contribution is 2.17. The smallest absolute Gasteiger partial charge is 0.185 e. The molecule has 60 valence electrons. The van der Waals surface area contributed by atoms with Gasteiger partial charge < -0.3 is 10.3 Å². The van der Waals surface area contributed by atoms with E-state index in [1.165, 1.54) is 0 Å². The van der Waals surface area contributed by atoms with E-state index < -0.39 is 0 Å². The molecule has 0 saturated carbocycles. The number of nitrogens with zero attached hydrogens (tertiary/aromatic N) is 2. The van der Waals surface area contributed by atoms with Crippen molar-refractivity contribution in [3.63, 3.8) is 0 Å². The van der Waals surface area contributed by atoms with Crippen LogP contribution in [0.15, 0.2) is 35.1 Å². The van der Waals surface area contributed by atoms with Crippen molar-refractivity contribution in [2.75, 3.05) is 5.73 Å². The highest BCUT2D eigenvalue weighted by molar-refractivity contribution is 5.56. The van der Waals surface area contributed by atoms with E-state index in [4.69, 9.17) is 10.3 Å². The van der Waals surface area contributed by atoms with Gasteiger partial charge in [-0.05, 0) is 12.1 Å². The third kappa shape index (κ3) is 1.14. The van der Waals surface area contributed by atoms with Crippen LogP contribution in [0.5, 0.6) is 0 Å². The molecule has 2 aromatic rings. The number of aromatic nitrogens is 2. The van der Waals surface area contributed by atoms with Crippen molar-refractivity contribution in [1.29, 1.82) is 0 Å². The maximum absolute atomic E-state index is 5.56. The first-order valence-electron chi connectivity index (χ1n) is 3.49. The van der Waals surface area contributed by atoms with Gasteiger partial charge in [-0.3, -0.25) is 4.98 Å². The summed E-state index contributed by atoms with van der Waals surface area (Å²) in [6.45, 7) is 0. The molecule has 2 heterocycles. The lowest BCUT2D eigenvalue weighted by atomic mass is 10.3. The molecular weight excluding hydrogens is 154 g/mol. The van der Waals surface area contributed by atoms with Gasteiger partial charge in [0.05, 0.1) is 6.20 Å². The van der Waals surface area contributed by atoms with Gasteiger partial charge in [-0.2, -0.15) is 0 Å². The summed E-state index contributed by atoms with van der Waals surface area (Å²) in [5.41, 5.74) is 6.93. The molecule has 0 saturated heterocycles. The third-order valence-electron chi connectivity index (χ3n) is 1.47. The first-order chi connectivity index (χ1) is 5.86. The van der Waals surface area contributed by atoms with Crippen LogP contribution in [0.25, 0.3) is 11.5 Å². The zero-order chi connectivity index (χ0) is 8.39. The standard InChI is InChI=1S/C8H7N3O/c9-6-1-3-10-7(5-6)8-2-4-11-12-8/h1-5H,(H2,9,10). The minimum atomic E-state index is 0.627. The number of nitrogen functional groups attached to an aromatic ring is 1. The number of nitrogens with two attached hydrogens (primary N) is 1. The molecule has 0 aliphatic rings. The van der Waals surface area contributed by atoms with Gasteiger partial charge in [0, 0.05) is 18.0 Å². The van der Waals surface area contributed by atoms with Gasteiger partial charge >= 0.3 is 0 Å². The molecule has 0 aliphatic heterocycles. The predicted octanol–water partition coefficient (Wildman–Crippen LogP) is 1.32. The molecule has 0 amide bonds. The second-order valence-electron chi connectivity index (χ2n) is 2.35. The van der Waals surface area contributed by atoms with Crippen molar-refractivity contribution in [1.82, 2.24) is 10.1 Å². The van der Waals surface area contributed by atoms with Gasteiger partial charge in [0.15, 0.2) is 5.76 Å². The van der Waals surface area contributed by atoms with Gasteiger partial charge in [0.1, 0.15) is 5.69 Å². The third-order valence-corrected chi connectivity index (χ3v) is 1.47. The number of rotatable bonds is 1. The SMILES string of the molecule is Nc1ccnc(-c2ccno2)c1. The minimum absolute atomic E-state index is 0.627. The fourth-order valence-electron chi connectivity index (χ4n) is 0.930. The summed E-state index contributed by atoms with van der Waals surface area (Å²) in [4.78, 5) is 4.07. The van der Waals surface area contributed by atoms with E-state index in [9.17, 15) is 0 Å². The Morgan fingerprint density at radius 3 is 2.83 bits per heavy atom. The van der Waals surface area contributed by atoms with Crippen LogP contribution in [0.3, 0.4) is 0 Å². The van der Waals surface area contributed by atoms with Crippen LogP contribution in [0.2, 0.25) is 0 Å². The molecular formula is C8H7N3O. The van der Waals surface area contributed by atoms with Crippen molar-refractivity contribution < 1.29 is 4.52 Å². The summed E-state index contributed by atoms with van der Waals surface area (Å²) in [6.07, 6.45) is 3.20. The average molecular weight is 161 g/mol. The zero-order valence-electron chi connectivity index (χ0n) is 6.27. The second-order valence-corrected chi connectivity index (χ2v) is 2.35. The van der Waals surface area contributed by atoms with E-state index in [-0.39, 0.29) is 0 Å². The van der Waals surface area contributed by atoms with Crippen LogP contribution >= 0.6 is 0 Å². The van der Waals surface area contributed by atoms with Crippen LogP contribution in [-0.2, 0) is 0 Å². The molecule has 2 N–H and O–H groups in total. The Kier molecular flexibility index (Phi) is 1.51. The summed E-state index contributed by atoms with van der Waals surface area (Å²) in [6, 6.07) is 5.20. The molecule has 0 atom stereocenters. The summed E-state index contributed by atoms with van der Waals surface area (Å²) in [7, 11) is 0. The number of pyridine rings is 1. The second kappa shape index (κ2) is 2.65.